The predicted octanol–water partition coefficient (Wildman–Crippen LogP) is 3.53. The lowest BCUT2D eigenvalue weighted by Gasteiger charge is -1.98. The van der Waals surface area contributed by atoms with Crippen molar-refractivity contribution in [3.8, 4) is 11.3 Å². The van der Waals surface area contributed by atoms with Crippen LogP contribution >= 0.6 is 11.6 Å². The minimum absolute atomic E-state index is 0.175. The molecule has 2 aromatic heterocycles. The Hall–Kier alpha value is -2.20. The van der Waals surface area contributed by atoms with Gasteiger partial charge in [-0.2, -0.15) is 0 Å². The summed E-state index contributed by atoms with van der Waals surface area (Å²) >= 11 is 6.19. The lowest BCUT2D eigenvalue weighted by molar-refractivity contribution is 0.0691. The molecule has 0 aliphatic rings. The third kappa shape index (κ3) is 1.81. The van der Waals surface area contributed by atoms with Gasteiger partial charge in [-0.1, -0.05) is 23.7 Å². The molecule has 96 valence electrons. The van der Waals surface area contributed by atoms with Crippen molar-refractivity contribution in [1.29, 1.82) is 0 Å². The van der Waals surface area contributed by atoms with Crippen LogP contribution in [0.2, 0.25) is 5.02 Å². The number of hydrogen-bond donors (Lipinski definition) is 2. The minimum Gasteiger partial charge on any atom is -0.477 e. The van der Waals surface area contributed by atoms with Crippen molar-refractivity contribution >= 4 is 28.5 Å². The van der Waals surface area contributed by atoms with Crippen molar-refractivity contribution in [3.63, 3.8) is 0 Å². The molecular formula is C14H11ClN2O2. The number of H-pyrrole nitrogens is 1. The molecule has 0 bridgehead atoms. The van der Waals surface area contributed by atoms with Gasteiger partial charge in [0.05, 0.1) is 10.5 Å². The maximum atomic E-state index is 10.9. The lowest BCUT2D eigenvalue weighted by atomic mass is 10.1. The number of aryl methyl sites for hydroxylation is 1. The van der Waals surface area contributed by atoms with E-state index in [4.69, 9.17) is 16.7 Å². The van der Waals surface area contributed by atoms with Crippen molar-refractivity contribution in [1.82, 2.24) is 9.55 Å². The van der Waals surface area contributed by atoms with Gasteiger partial charge in [-0.25, -0.2) is 4.79 Å². The van der Waals surface area contributed by atoms with E-state index in [-0.39, 0.29) is 5.69 Å². The van der Waals surface area contributed by atoms with Crippen molar-refractivity contribution in [2.24, 2.45) is 7.05 Å². The van der Waals surface area contributed by atoms with Gasteiger partial charge in [-0.05, 0) is 18.2 Å². The number of carboxylic acid groups (broad SMARTS) is 1. The Labute approximate surface area is 114 Å². The van der Waals surface area contributed by atoms with Crippen LogP contribution in [0.15, 0.2) is 36.5 Å². The molecule has 0 unspecified atom stereocenters. The average Bonchev–Trinajstić information content (AvgIpc) is 2.95. The highest BCUT2D eigenvalue weighted by atomic mass is 35.5. The number of halogens is 1. The van der Waals surface area contributed by atoms with Crippen LogP contribution in [-0.4, -0.2) is 20.6 Å². The SMILES string of the molecule is Cn1cc(-c2ccc(C(=O)O)[nH]2)c2cccc(Cl)c21. The van der Waals surface area contributed by atoms with Gasteiger partial charge in [0.1, 0.15) is 5.69 Å². The first kappa shape index (κ1) is 11.9. The summed E-state index contributed by atoms with van der Waals surface area (Å²) in [4.78, 5) is 13.8. The summed E-state index contributed by atoms with van der Waals surface area (Å²) in [5.41, 5.74) is 2.82. The Bertz CT molecular complexity index is 786. The molecule has 19 heavy (non-hydrogen) atoms. The number of hydrogen-bond acceptors (Lipinski definition) is 1. The molecule has 0 radical (unpaired) electrons. The standard InChI is InChI=1S/C14H11ClN2O2/c1-17-7-9(8-3-2-4-10(15)13(8)17)11-5-6-12(16-11)14(18)19/h2-7,16H,1H3,(H,18,19). The second-order valence-corrected chi connectivity index (χ2v) is 4.79. The summed E-state index contributed by atoms with van der Waals surface area (Å²) in [7, 11) is 1.92. The topological polar surface area (TPSA) is 58.0 Å². The molecule has 3 aromatic rings. The number of nitrogens with one attached hydrogen (secondary N) is 1. The van der Waals surface area contributed by atoms with E-state index in [0.29, 0.717) is 5.02 Å². The fourth-order valence-corrected chi connectivity index (χ4v) is 2.62. The third-order valence-electron chi connectivity index (χ3n) is 3.16. The highest BCUT2D eigenvalue weighted by Gasteiger charge is 2.13. The summed E-state index contributed by atoms with van der Waals surface area (Å²) in [5.74, 6) is -0.968. The molecule has 0 saturated carbocycles. The van der Waals surface area contributed by atoms with Crippen LogP contribution < -0.4 is 0 Å². The van der Waals surface area contributed by atoms with Gasteiger partial charge < -0.3 is 14.7 Å². The van der Waals surface area contributed by atoms with E-state index in [1.54, 1.807) is 12.1 Å². The second-order valence-electron chi connectivity index (χ2n) is 4.38. The average molecular weight is 275 g/mol. The van der Waals surface area contributed by atoms with Crippen molar-refractivity contribution in [2.45, 2.75) is 0 Å². The molecule has 0 amide bonds. The Kier molecular flexibility index (Phi) is 2.61. The van der Waals surface area contributed by atoms with Crippen LogP contribution in [0.5, 0.6) is 0 Å². The van der Waals surface area contributed by atoms with Crippen LogP contribution in [0.3, 0.4) is 0 Å². The molecular weight excluding hydrogens is 264 g/mol. The van der Waals surface area contributed by atoms with Crippen LogP contribution in [-0.2, 0) is 7.05 Å². The Balaban J connectivity index is 2.25. The predicted molar refractivity (Wildman–Crippen MR) is 74.7 cm³/mol. The fourth-order valence-electron chi connectivity index (χ4n) is 2.31. The molecule has 0 aliphatic carbocycles. The van der Waals surface area contributed by atoms with Crippen LogP contribution in [0.25, 0.3) is 22.2 Å². The number of fused-ring (bicyclic) bond motifs is 1. The molecule has 3 rings (SSSR count). The molecule has 0 spiro atoms. The van der Waals surface area contributed by atoms with Crippen LogP contribution in [0.1, 0.15) is 10.5 Å². The van der Waals surface area contributed by atoms with E-state index in [9.17, 15) is 4.79 Å². The summed E-state index contributed by atoms with van der Waals surface area (Å²) in [5, 5.41) is 10.6. The number of carboxylic acids is 1. The Morgan fingerprint density at radius 2 is 2.11 bits per heavy atom. The van der Waals surface area contributed by atoms with E-state index in [0.717, 1.165) is 22.2 Å². The molecule has 2 heterocycles. The van der Waals surface area contributed by atoms with E-state index in [1.165, 1.54) is 0 Å². The fraction of sp³-hybridized carbons (Fsp3) is 0.0714. The van der Waals surface area contributed by atoms with Gasteiger partial charge >= 0.3 is 5.97 Å². The maximum absolute atomic E-state index is 10.9. The van der Waals surface area contributed by atoms with Crippen LogP contribution in [0, 0.1) is 0 Å². The number of benzene rings is 1. The minimum atomic E-state index is -0.968. The number of aromatic nitrogens is 2. The summed E-state index contributed by atoms with van der Waals surface area (Å²) in [6.07, 6.45) is 1.94. The first-order valence-corrected chi connectivity index (χ1v) is 6.12. The summed E-state index contributed by atoms with van der Waals surface area (Å²) < 4.78 is 1.94. The highest BCUT2D eigenvalue weighted by molar-refractivity contribution is 6.35. The first-order chi connectivity index (χ1) is 9.08. The van der Waals surface area contributed by atoms with E-state index in [1.807, 2.05) is 36.0 Å². The smallest absolute Gasteiger partial charge is 0.352 e. The number of carbonyl (C=O) groups is 1. The molecule has 0 fully saturated rings. The van der Waals surface area contributed by atoms with Crippen LogP contribution in [0.4, 0.5) is 0 Å². The zero-order valence-corrected chi connectivity index (χ0v) is 10.9. The Morgan fingerprint density at radius 3 is 2.79 bits per heavy atom. The van der Waals surface area contributed by atoms with Crippen molar-refractivity contribution in [3.05, 3.63) is 47.2 Å². The van der Waals surface area contributed by atoms with Crippen molar-refractivity contribution in [2.75, 3.05) is 0 Å². The lowest BCUT2D eigenvalue weighted by Crippen LogP contribution is -1.95. The zero-order chi connectivity index (χ0) is 13.6. The van der Waals surface area contributed by atoms with E-state index >= 15 is 0 Å². The largest absolute Gasteiger partial charge is 0.477 e. The number of nitrogens with zero attached hydrogens (tertiary/aromatic N) is 1. The molecule has 0 saturated heterocycles. The van der Waals surface area contributed by atoms with Gasteiger partial charge in [0.15, 0.2) is 0 Å². The molecule has 4 nitrogen and oxygen atoms in total. The summed E-state index contributed by atoms with van der Waals surface area (Å²) in [6, 6.07) is 9.01. The molecule has 0 atom stereocenters. The number of para-hydroxylation sites is 1. The second kappa shape index (κ2) is 4.17. The van der Waals surface area contributed by atoms with Gasteiger partial charge in [0, 0.05) is 29.9 Å². The van der Waals surface area contributed by atoms with E-state index in [2.05, 4.69) is 4.98 Å². The number of aromatic amines is 1. The first-order valence-electron chi connectivity index (χ1n) is 5.74. The molecule has 0 aliphatic heterocycles. The Morgan fingerprint density at radius 1 is 1.32 bits per heavy atom. The van der Waals surface area contributed by atoms with Crippen molar-refractivity contribution < 1.29 is 9.90 Å². The van der Waals surface area contributed by atoms with Gasteiger partial charge in [-0.3, -0.25) is 0 Å². The van der Waals surface area contributed by atoms with Gasteiger partial charge in [-0.15, -0.1) is 0 Å². The van der Waals surface area contributed by atoms with Gasteiger partial charge in [0.2, 0.25) is 0 Å². The van der Waals surface area contributed by atoms with E-state index < -0.39 is 5.97 Å². The third-order valence-corrected chi connectivity index (χ3v) is 3.46. The highest BCUT2D eigenvalue weighted by Crippen LogP contribution is 2.33. The summed E-state index contributed by atoms with van der Waals surface area (Å²) in [6.45, 7) is 0. The zero-order valence-electron chi connectivity index (χ0n) is 10.1. The quantitative estimate of drug-likeness (QED) is 0.751. The normalized spacial score (nSPS) is 11.1. The molecule has 1 aromatic carbocycles. The molecule has 2 N–H and O–H groups in total. The monoisotopic (exact) mass is 274 g/mol. The molecule has 5 heteroatoms. The number of aromatic carboxylic acids is 1. The number of rotatable bonds is 2. The maximum Gasteiger partial charge on any atom is 0.352 e. The van der Waals surface area contributed by atoms with Gasteiger partial charge in [0.25, 0.3) is 0 Å².